The number of benzene rings is 3. The Labute approximate surface area is 175 Å². The van der Waals surface area contributed by atoms with Gasteiger partial charge in [-0.3, -0.25) is 4.79 Å². The molecule has 0 radical (unpaired) electrons. The molecule has 0 saturated heterocycles. The summed E-state index contributed by atoms with van der Waals surface area (Å²) < 4.78 is 34.2. The van der Waals surface area contributed by atoms with Crippen molar-refractivity contribution >= 4 is 22.8 Å². The smallest absolute Gasteiger partial charge is 0.338 e. The lowest BCUT2D eigenvalue weighted by atomic mass is 9.95. The van der Waals surface area contributed by atoms with E-state index >= 15 is 0 Å². The first kappa shape index (κ1) is 20.3. The van der Waals surface area contributed by atoms with Gasteiger partial charge in [0, 0.05) is 23.6 Å². The van der Waals surface area contributed by atoms with Crippen LogP contribution in [0.25, 0.3) is 33.4 Å². The average Bonchev–Trinajstić information content (AvgIpc) is 3.12. The Morgan fingerprint density at radius 1 is 0.968 bits per heavy atom. The van der Waals surface area contributed by atoms with Crippen LogP contribution < -0.4 is 5.32 Å². The highest BCUT2D eigenvalue weighted by Crippen LogP contribution is 2.37. The van der Waals surface area contributed by atoms with Gasteiger partial charge in [-0.25, -0.2) is 13.6 Å². The van der Waals surface area contributed by atoms with Gasteiger partial charge in [-0.1, -0.05) is 12.1 Å². The van der Waals surface area contributed by atoms with Gasteiger partial charge < -0.3 is 14.8 Å². The molecule has 3 aromatic carbocycles. The molecule has 0 atom stereocenters. The van der Waals surface area contributed by atoms with Crippen LogP contribution in [0.4, 0.5) is 8.78 Å². The molecule has 4 aromatic rings. The van der Waals surface area contributed by atoms with E-state index < -0.39 is 29.1 Å². The summed E-state index contributed by atoms with van der Waals surface area (Å²) in [6, 6.07) is 13.1. The molecule has 1 amide bonds. The van der Waals surface area contributed by atoms with Gasteiger partial charge in [-0.15, -0.1) is 0 Å². The molecule has 0 aliphatic carbocycles. The normalized spacial score (nSPS) is 11.0. The zero-order valence-electron chi connectivity index (χ0n) is 16.6. The van der Waals surface area contributed by atoms with Gasteiger partial charge in [0.2, 0.25) is 0 Å². The van der Waals surface area contributed by atoms with Crippen LogP contribution in [0.1, 0.15) is 26.3 Å². The first-order valence-electron chi connectivity index (χ1n) is 9.39. The summed E-state index contributed by atoms with van der Waals surface area (Å²) in [6.45, 7) is 1.67. The highest BCUT2D eigenvalue weighted by atomic mass is 19.1. The maximum absolute atomic E-state index is 15.0. The summed E-state index contributed by atoms with van der Waals surface area (Å²) in [5, 5.41) is 12.3. The molecule has 2 N–H and O–H groups in total. The number of nitrogens with one attached hydrogen (secondary N) is 1. The van der Waals surface area contributed by atoms with Gasteiger partial charge in [-0.05, 0) is 60.5 Å². The molecule has 0 aliphatic rings. The van der Waals surface area contributed by atoms with E-state index in [1.165, 1.54) is 43.4 Å². The molecule has 7 heteroatoms. The van der Waals surface area contributed by atoms with E-state index in [2.05, 4.69) is 5.32 Å². The molecular formula is C24H17F2NO4. The van der Waals surface area contributed by atoms with Gasteiger partial charge >= 0.3 is 5.97 Å². The first-order chi connectivity index (χ1) is 14.8. The van der Waals surface area contributed by atoms with Crippen molar-refractivity contribution < 1.29 is 27.9 Å². The number of carboxylic acids is 1. The molecule has 31 heavy (non-hydrogen) atoms. The van der Waals surface area contributed by atoms with E-state index in [1.807, 2.05) is 0 Å². The summed E-state index contributed by atoms with van der Waals surface area (Å²) in [5.74, 6) is -2.81. The molecule has 0 fully saturated rings. The van der Waals surface area contributed by atoms with Crippen LogP contribution in [-0.4, -0.2) is 24.0 Å². The number of hydrogen-bond donors (Lipinski definition) is 2. The Hall–Kier alpha value is -4.00. The fourth-order valence-corrected chi connectivity index (χ4v) is 3.60. The molecule has 0 spiro atoms. The predicted octanol–water partition coefficient (Wildman–Crippen LogP) is 5.41. The number of carbonyl (C=O) groups excluding carboxylic acids is 1. The third-order valence-electron chi connectivity index (χ3n) is 5.12. The summed E-state index contributed by atoms with van der Waals surface area (Å²) in [5.41, 5.74) is 1.76. The standard InChI is InChI=1S/C24H17F2NO4/c1-12-3-9-16(24(29)30)21(26)19(12)14-6-10-18-17(11-14)20(23(28)27-2)22(31-18)13-4-7-15(25)8-5-13/h3-11H,1-2H3,(H,27,28)(H,29,30). The third kappa shape index (κ3) is 3.44. The molecule has 1 aromatic heterocycles. The number of aromatic carboxylic acids is 1. The zero-order valence-corrected chi connectivity index (χ0v) is 16.6. The fraction of sp³-hybridized carbons (Fsp3) is 0.0833. The molecule has 0 unspecified atom stereocenters. The van der Waals surface area contributed by atoms with Crippen LogP contribution in [0.15, 0.2) is 59.0 Å². The first-order valence-corrected chi connectivity index (χ1v) is 9.39. The van der Waals surface area contributed by atoms with Gasteiger partial charge in [0.25, 0.3) is 5.91 Å². The molecule has 0 aliphatic heterocycles. The Morgan fingerprint density at radius 2 is 1.65 bits per heavy atom. The quantitative estimate of drug-likeness (QED) is 0.462. The van der Waals surface area contributed by atoms with Crippen LogP contribution in [0.5, 0.6) is 0 Å². The van der Waals surface area contributed by atoms with Crippen LogP contribution >= 0.6 is 0 Å². The SMILES string of the molecule is CNC(=O)c1c(-c2ccc(F)cc2)oc2ccc(-c3c(C)ccc(C(=O)O)c3F)cc12. The second-order valence-electron chi connectivity index (χ2n) is 7.03. The highest BCUT2D eigenvalue weighted by molar-refractivity contribution is 6.12. The Kier molecular flexibility index (Phi) is 5.02. The monoisotopic (exact) mass is 421 g/mol. The second kappa shape index (κ2) is 7.68. The lowest BCUT2D eigenvalue weighted by molar-refractivity contribution is 0.0691. The number of carbonyl (C=O) groups is 2. The van der Waals surface area contributed by atoms with E-state index in [0.29, 0.717) is 27.7 Å². The van der Waals surface area contributed by atoms with E-state index in [0.717, 1.165) is 0 Å². The minimum atomic E-state index is -1.37. The van der Waals surface area contributed by atoms with Gasteiger partial charge in [0.15, 0.2) is 0 Å². The lowest BCUT2D eigenvalue weighted by Gasteiger charge is -2.10. The minimum Gasteiger partial charge on any atom is -0.478 e. The van der Waals surface area contributed by atoms with E-state index in [4.69, 9.17) is 4.42 Å². The Balaban J connectivity index is 1.99. The van der Waals surface area contributed by atoms with Crippen LogP contribution in [0.2, 0.25) is 0 Å². The third-order valence-corrected chi connectivity index (χ3v) is 5.12. The predicted molar refractivity (Wildman–Crippen MR) is 112 cm³/mol. The van der Waals surface area contributed by atoms with Crippen molar-refractivity contribution in [3.8, 4) is 22.5 Å². The fourth-order valence-electron chi connectivity index (χ4n) is 3.60. The number of hydrogen-bond acceptors (Lipinski definition) is 3. The minimum absolute atomic E-state index is 0.134. The number of furan rings is 1. The number of halogens is 2. The molecule has 4 rings (SSSR count). The van der Waals surface area contributed by atoms with Crippen molar-refractivity contribution in [2.45, 2.75) is 6.92 Å². The maximum atomic E-state index is 15.0. The van der Waals surface area contributed by atoms with Crippen molar-refractivity contribution in [1.29, 1.82) is 0 Å². The van der Waals surface area contributed by atoms with Crippen LogP contribution in [0.3, 0.4) is 0 Å². The van der Waals surface area contributed by atoms with Crippen molar-refractivity contribution in [3.05, 3.63) is 82.9 Å². The Morgan fingerprint density at radius 3 is 2.29 bits per heavy atom. The molecular weight excluding hydrogens is 404 g/mol. The molecule has 156 valence electrons. The molecule has 0 saturated carbocycles. The number of rotatable bonds is 4. The van der Waals surface area contributed by atoms with Gasteiger partial charge in [0.05, 0.1) is 11.1 Å². The van der Waals surface area contributed by atoms with Crippen molar-refractivity contribution in [2.24, 2.45) is 0 Å². The molecule has 5 nitrogen and oxygen atoms in total. The largest absolute Gasteiger partial charge is 0.478 e. The summed E-state index contributed by atoms with van der Waals surface area (Å²) in [6.07, 6.45) is 0. The summed E-state index contributed by atoms with van der Waals surface area (Å²) >= 11 is 0. The van der Waals surface area contributed by atoms with E-state index in [9.17, 15) is 23.5 Å². The zero-order chi connectivity index (χ0) is 22.3. The van der Waals surface area contributed by atoms with Gasteiger partial charge in [-0.2, -0.15) is 0 Å². The topological polar surface area (TPSA) is 79.5 Å². The van der Waals surface area contributed by atoms with E-state index in [-0.39, 0.29) is 16.9 Å². The summed E-state index contributed by atoms with van der Waals surface area (Å²) in [4.78, 5) is 24.0. The van der Waals surface area contributed by atoms with E-state index in [1.54, 1.807) is 25.1 Å². The number of aryl methyl sites for hydroxylation is 1. The second-order valence-corrected chi connectivity index (χ2v) is 7.03. The van der Waals surface area contributed by atoms with Crippen LogP contribution in [-0.2, 0) is 0 Å². The van der Waals surface area contributed by atoms with Gasteiger partial charge in [0.1, 0.15) is 23.0 Å². The van der Waals surface area contributed by atoms with Crippen molar-refractivity contribution in [3.63, 3.8) is 0 Å². The Bertz CT molecular complexity index is 1340. The highest BCUT2D eigenvalue weighted by Gasteiger charge is 2.23. The van der Waals surface area contributed by atoms with Crippen LogP contribution in [0, 0.1) is 18.6 Å². The number of amides is 1. The van der Waals surface area contributed by atoms with Crippen molar-refractivity contribution in [2.75, 3.05) is 7.05 Å². The van der Waals surface area contributed by atoms with Crippen molar-refractivity contribution in [1.82, 2.24) is 5.32 Å². The maximum Gasteiger partial charge on any atom is 0.338 e. The number of fused-ring (bicyclic) bond motifs is 1. The average molecular weight is 421 g/mol. The molecule has 1 heterocycles. The molecule has 0 bridgehead atoms. The lowest BCUT2D eigenvalue weighted by Crippen LogP contribution is -2.18. The number of carboxylic acid groups (broad SMARTS) is 1. The summed E-state index contributed by atoms with van der Waals surface area (Å²) in [7, 11) is 1.47.